The Hall–Kier alpha value is -3.16. The zero-order valence-corrected chi connectivity index (χ0v) is 18.3. The van der Waals surface area contributed by atoms with Gasteiger partial charge in [0.15, 0.2) is 5.69 Å². The normalized spacial score (nSPS) is 20.4. The molecule has 31 heavy (non-hydrogen) atoms. The Bertz CT molecular complexity index is 1010. The van der Waals surface area contributed by atoms with Gasteiger partial charge in [0, 0.05) is 19.1 Å². The minimum absolute atomic E-state index is 0.139. The van der Waals surface area contributed by atoms with Crippen LogP contribution in [0.3, 0.4) is 0 Å². The molecule has 0 unspecified atom stereocenters. The summed E-state index contributed by atoms with van der Waals surface area (Å²) in [5, 5.41) is 5.88. The highest BCUT2D eigenvalue weighted by molar-refractivity contribution is 6.07. The van der Waals surface area contributed by atoms with Crippen LogP contribution in [0.2, 0.25) is 0 Å². The molecule has 1 aliphatic carbocycles. The van der Waals surface area contributed by atoms with E-state index in [-0.39, 0.29) is 41.7 Å². The number of carbonyl (C=O) groups excluding carboxylic acids is 3. The maximum atomic E-state index is 13.4. The fourth-order valence-electron chi connectivity index (χ4n) is 3.99. The molecule has 1 aromatic carbocycles. The van der Waals surface area contributed by atoms with Crippen molar-refractivity contribution >= 4 is 17.7 Å². The number of nitrogens with one attached hydrogen (secondary N) is 2. The van der Waals surface area contributed by atoms with E-state index in [4.69, 9.17) is 0 Å². The Balaban J connectivity index is 1.57. The van der Waals surface area contributed by atoms with E-state index in [2.05, 4.69) is 15.6 Å². The third-order valence-electron chi connectivity index (χ3n) is 6.00. The SMILES string of the molecule is CCCN1C(=O)c2c(C(=O)NC3CC3)ncn2C[C@@]1(C)C(=O)NCc1ccc(C)cc1. The summed E-state index contributed by atoms with van der Waals surface area (Å²) in [6, 6.07) is 8.14. The first kappa shape index (κ1) is 21.1. The molecule has 3 amide bonds. The van der Waals surface area contributed by atoms with Crippen LogP contribution in [0.25, 0.3) is 0 Å². The standard InChI is InChI=1S/C23H29N5O3/c1-4-11-28-21(30)19-18(20(29)26-17-9-10-17)25-14-27(19)13-23(28,3)22(31)24-12-16-7-5-15(2)6-8-16/h5-8,14,17H,4,9-13H2,1-3H3,(H,24,31)(H,26,29)/t23-/m0/s1. The zero-order valence-electron chi connectivity index (χ0n) is 18.3. The van der Waals surface area contributed by atoms with Gasteiger partial charge in [-0.2, -0.15) is 0 Å². The molecule has 0 radical (unpaired) electrons. The first-order chi connectivity index (χ1) is 14.8. The number of nitrogens with zero attached hydrogens (tertiary/aromatic N) is 3. The smallest absolute Gasteiger partial charge is 0.273 e. The molecule has 2 aliphatic rings. The maximum Gasteiger partial charge on any atom is 0.273 e. The van der Waals surface area contributed by atoms with Crippen LogP contribution in [0.15, 0.2) is 30.6 Å². The second kappa shape index (κ2) is 8.17. The fourth-order valence-corrected chi connectivity index (χ4v) is 3.99. The number of hydrogen-bond acceptors (Lipinski definition) is 4. The predicted molar refractivity (Wildman–Crippen MR) is 115 cm³/mol. The molecular formula is C23H29N5O3. The minimum Gasteiger partial charge on any atom is -0.350 e. The van der Waals surface area contributed by atoms with E-state index in [9.17, 15) is 14.4 Å². The molecule has 4 rings (SSSR count). The molecule has 2 heterocycles. The molecule has 1 saturated carbocycles. The third-order valence-corrected chi connectivity index (χ3v) is 6.00. The second-order valence-electron chi connectivity index (χ2n) is 8.72. The van der Waals surface area contributed by atoms with Crippen LogP contribution in [0.4, 0.5) is 0 Å². The van der Waals surface area contributed by atoms with Crippen LogP contribution in [0, 0.1) is 6.92 Å². The lowest BCUT2D eigenvalue weighted by atomic mass is 9.93. The van der Waals surface area contributed by atoms with Crippen LogP contribution < -0.4 is 10.6 Å². The van der Waals surface area contributed by atoms with Crippen LogP contribution in [-0.4, -0.2) is 50.3 Å². The summed E-state index contributed by atoms with van der Waals surface area (Å²) < 4.78 is 1.64. The van der Waals surface area contributed by atoms with Crippen molar-refractivity contribution in [3.8, 4) is 0 Å². The average Bonchev–Trinajstić information content (AvgIpc) is 3.46. The number of benzene rings is 1. The monoisotopic (exact) mass is 423 g/mol. The van der Waals surface area contributed by atoms with Crippen LogP contribution >= 0.6 is 0 Å². The maximum absolute atomic E-state index is 13.4. The van der Waals surface area contributed by atoms with E-state index < -0.39 is 5.54 Å². The average molecular weight is 424 g/mol. The topological polar surface area (TPSA) is 96.3 Å². The Labute approximate surface area is 182 Å². The first-order valence-corrected chi connectivity index (χ1v) is 10.8. The van der Waals surface area contributed by atoms with Crippen LogP contribution in [-0.2, 0) is 17.9 Å². The molecule has 1 aromatic heterocycles. The highest BCUT2D eigenvalue weighted by Crippen LogP contribution is 2.29. The van der Waals surface area contributed by atoms with Gasteiger partial charge in [-0.25, -0.2) is 4.98 Å². The molecule has 0 bridgehead atoms. The summed E-state index contributed by atoms with van der Waals surface area (Å²) in [6.45, 7) is 6.80. The number of aryl methyl sites for hydroxylation is 1. The molecule has 8 heteroatoms. The lowest BCUT2D eigenvalue weighted by Crippen LogP contribution is -2.64. The first-order valence-electron chi connectivity index (χ1n) is 10.8. The molecule has 2 N–H and O–H groups in total. The number of hydrogen-bond donors (Lipinski definition) is 2. The van der Waals surface area contributed by atoms with Crippen LogP contribution in [0.1, 0.15) is 65.2 Å². The summed E-state index contributed by atoms with van der Waals surface area (Å²) in [5.41, 5.74) is 1.48. The third kappa shape index (κ3) is 4.06. The molecule has 0 saturated heterocycles. The van der Waals surface area contributed by atoms with Crippen molar-refractivity contribution in [2.45, 2.75) is 64.7 Å². The van der Waals surface area contributed by atoms with Crippen molar-refractivity contribution in [3.63, 3.8) is 0 Å². The number of rotatable bonds is 7. The van der Waals surface area contributed by atoms with Crippen molar-refractivity contribution in [2.75, 3.05) is 6.54 Å². The molecule has 164 valence electrons. The van der Waals surface area contributed by atoms with E-state index in [1.54, 1.807) is 16.4 Å². The zero-order chi connectivity index (χ0) is 22.2. The Morgan fingerprint density at radius 3 is 2.58 bits per heavy atom. The number of carbonyl (C=O) groups is 3. The summed E-state index contributed by atoms with van der Waals surface area (Å²) in [5.74, 6) is -0.883. The second-order valence-corrected chi connectivity index (χ2v) is 8.72. The largest absolute Gasteiger partial charge is 0.350 e. The molecule has 1 fully saturated rings. The number of imidazole rings is 1. The molecular weight excluding hydrogens is 394 g/mol. The van der Waals surface area contributed by atoms with Gasteiger partial charge in [-0.1, -0.05) is 36.8 Å². The predicted octanol–water partition coefficient (Wildman–Crippen LogP) is 2.02. The lowest BCUT2D eigenvalue weighted by Gasteiger charge is -2.43. The number of amides is 3. The molecule has 1 atom stereocenters. The van der Waals surface area contributed by atoms with Crippen molar-refractivity contribution in [1.29, 1.82) is 0 Å². The number of aromatic nitrogens is 2. The highest BCUT2D eigenvalue weighted by Gasteiger charge is 2.48. The summed E-state index contributed by atoms with van der Waals surface area (Å²) in [7, 11) is 0. The van der Waals surface area contributed by atoms with Gasteiger partial charge in [-0.3, -0.25) is 14.4 Å². The van der Waals surface area contributed by atoms with Crippen molar-refractivity contribution < 1.29 is 14.4 Å². The van der Waals surface area contributed by atoms with Gasteiger partial charge >= 0.3 is 0 Å². The van der Waals surface area contributed by atoms with Crippen molar-refractivity contribution in [2.24, 2.45) is 0 Å². The van der Waals surface area contributed by atoms with Crippen LogP contribution in [0.5, 0.6) is 0 Å². The summed E-state index contributed by atoms with van der Waals surface area (Å²) in [4.78, 5) is 45.1. The van der Waals surface area contributed by atoms with Crippen molar-refractivity contribution in [3.05, 3.63) is 53.1 Å². The van der Waals surface area contributed by atoms with Gasteiger partial charge in [0.25, 0.3) is 11.8 Å². The fraction of sp³-hybridized carbons (Fsp3) is 0.478. The molecule has 2 aromatic rings. The van der Waals surface area contributed by atoms with E-state index >= 15 is 0 Å². The van der Waals surface area contributed by atoms with E-state index in [0.29, 0.717) is 19.5 Å². The Morgan fingerprint density at radius 2 is 1.94 bits per heavy atom. The van der Waals surface area contributed by atoms with Gasteiger partial charge in [-0.15, -0.1) is 0 Å². The van der Waals surface area contributed by atoms with Gasteiger partial charge in [0.05, 0.1) is 12.9 Å². The summed E-state index contributed by atoms with van der Waals surface area (Å²) >= 11 is 0. The van der Waals surface area contributed by atoms with Crippen molar-refractivity contribution in [1.82, 2.24) is 25.1 Å². The molecule has 0 spiro atoms. The van der Waals surface area contributed by atoms with E-state index in [1.807, 2.05) is 38.1 Å². The van der Waals surface area contributed by atoms with E-state index in [0.717, 1.165) is 24.0 Å². The van der Waals surface area contributed by atoms with Gasteiger partial charge in [-0.05, 0) is 38.7 Å². The Morgan fingerprint density at radius 1 is 1.23 bits per heavy atom. The highest BCUT2D eigenvalue weighted by atomic mass is 16.2. The van der Waals surface area contributed by atoms with E-state index in [1.165, 1.54) is 6.33 Å². The molecule has 8 nitrogen and oxygen atoms in total. The van der Waals surface area contributed by atoms with Gasteiger partial charge < -0.3 is 20.1 Å². The number of fused-ring (bicyclic) bond motifs is 1. The lowest BCUT2D eigenvalue weighted by molar-refractivity contribution is -0.133. The minimum atomic E-state index is -1.07. The van der Waals surface area contributed by atoms with Gasteiger partial charge in [0.1, 0.15) is 11.2 Å². The van der Waals surface area contributed by atoms with Gasteiger partial charge in [0.2, 0.25) is 5.91 Å². The molecule has 1 aliphatic heterocycles. The Kier molecular flexibility index (Phi) is 5.56. The summed E-state index contributed by atoms with van der Waals surface area (Å²) in [6.07, 6.45) is 4.10. The quantitative estimate of drug-likeness (QED) is 0.712.